The molecule has 1 fully saturated rings. The van der Waals surface area contributed by atoms with Gasteiger partial charge in [-0.15, -0.1) is 0 Å². The van der Waals surface area contributed by atoms with E-state index in [-0.39, 0.29) is 12.6 Å². The van der Waals surface area contributed by atoms with Crippen LogP contribution in [-0.4, -0.2) is 32.4 Å². The molecule has 1 heterocycles. The van der Waals surface area contributed by atoms with Crippen LogP contribution >= 0.6 is 26.6 Å². The van der Waals surface area contributed by atoms with Gasteiger partial charge in [-0.3, -0.25) is 0 Å². The number of nitrogens with zero attached hydrogens (tertiary/aromatic N) is 1. The van der Waals surface area contributed by atoms with Crippen molar-refractivity contribution in [2.75, 3.05) is 19.7 Å². The van der Waals surface area contributed by atoms with E-state index in [4.69, 9.17) is 15.4 Å². The van der Waals surface area contributed by atoms with Gasteiger partial charge in [-0.05, 0) is 17.7 Å². The minimum atomic E-state index is -3.66. The van der Waals surface area contributed by atoms with E-state index >= 15 is 0 Å². The summed E-state index contributed by atoms with van der Waals surface area (Å²) in [7, 11) is 1.67. The highest BCUT2D eigenvalue weighted by Crippen LogP contribution is 2.25. The maximum absolute atomic E-state index is 11.2. The fourth-order valence-corrected chi connectivity index (χ4v) is 2.95. The molecule has 0 spiro atoms. The Balaban J connectivity index is 2.15. The second-order valence-corrected chi connectivity index (χ2v) is 7.14. The van der Waals surface area contributed by atoms with Crippen molar-refractivity contribution in [1.82, 2.24) is 4.31 Å². The average molecular weight is 341 g/mol. The van der Waals surface area contributed by atoms with Crippen molar-refractivity contribution in [3.8, 4) is 0 Å². The highest BCUT2D eigenvalue weighted by Gasteiger charge is 2.28. The van der Waals surface area contributed by atoms with E-state index in [2.05, 4.69) is 15.9 Å². The number of morpholine rings is 1. The minimum Gasteiger partial charge on any atom is -0.371 e. The topological polar surface area (TPSA) is 46.6 Å². The van der Waals surface area contributed by atoms with E-state index in [0.717, 1.165) is 10.0 Å². The third-order valence-electron chi connectivity index (χ3n) is 2.58. The third kappa shape index (κ3) is 3.42. The molecule has 0 aliphatic carbocycles. The van der Waals surface area contributed by atoms with E-state index in [0.29, 0.717) is 13.2 Å². The first-order valence-electron chi connectivity index (χ1n) is 5.03. The number of halogens is 2. The molecule has 0 bridgehead atoms. The lowest BCUT2D eigenvalue weighted by atomic mass is 10.1. The summed E-state index contributed by atoms with van der Waals surface area (Å²) in [5.74, 6) is 0. The lowest BCUT2D eigenvalue weighted by Crippen LogP contribution is -2.40. The van der Waals surface area contributed by atoms with Gasteiger partial charge in [-0.1, -0.05) is 28.1 Å². The Morgan fingerprint density at radius 1 is 1.35 bits per heavy atom. The van der Waals surface area contributed by atoms with Gasteiger partial charge in [0, 0.05) is 28.2 Å². The van der Waals surface area contributed by atoms with E-state index in [9.17, 15) is 8.42 Å². The van der Waals surface area contributed by atoms with Crippen molar-refractivity contribution in [3.63, 3.8) is 0 Å². The number of benzene rings is 1. The fourth-order valence-electron chi connectivity index (χ4n) is 1.70. The molecule has 0 amide bonds. The average Bonchev–Trinajstić information content (AvgIpc) is 2.29. The van der Waals surface area contributed by atoms with Crippen LogP contribution in [0.4, 0.5) is 0 Å². The third-order valence-corrected chi connectivity index (χ3v) is 4.64. The van der Waals surface area contributed by atoms with Gasteiger partial charge >= 0.3 is 0 Å². The molecule has 0 saturated carbocycles. The van der Waals surface area contributed by atoms with Crippen molar-refractivity contribution in [3.05, 3.63) is 34.3 Å². The zero-order valence-electron chi connectivity index (χ0n) is 8.84. The largest absolute Gasteiger partial charge is 0.371 e. The summed E-state index contributed by atoms with van der Waals surface area (Å²) in [6.07, 6.45) is -0.259. The molecule has 1 aromatic carbocycles. The van der Waals surface area contributed by atoms with Gasteiger partial charge in [0.15, 0.2) is 0 Å². The van der Waals surface area contributed by atoms with Crippen molar-refractivity contribution in [2.45, 2.75) is 6.10 Å². The summed E-state index contributed by atoms with van der Waals surface area (Å²) >= 11 is 3.34. The van der Waals surface area contributed by atoms with Crippen LogP contribution in [0.25, 0.3) is 0 Å². The summed E-state index contributed by atoms with van der Waals surface area (Å²) in [6, 6.07) is 7.60. The second kappa shape index (κ2) is 5.24. The number of hydrogen-bond donors (Lipinski definition) is 0. The Morgan fingerprint density at radius 3 is 2.59 bits per heavy atom. The maximum atomic E-state index is 11.2. The molecule has 17 heavy (non-hydrogen) atoms. The highest BCUT2D eigenvalue weighted by atomic mass is 79.9. The lowest BCUT2D eigenvalue weighted by Gasteiger charge is -2.30. The Morgan fingerprint density at radius 2 is 2.00 bits per heavy atom. The Labute approximate surface area is 113 Å². The summed E-state index contributed by atoms with van der Waals surface area (Å²) in [6.45, 7) is 0.916. The van der Waals surface area contributed by atoms with Crippen LogP contribution in [0.15, 0.2) is 28.7 Å². The summed E-state index contributed by atoms with van der Waals surface area (Å²) < 4.78 is 30.2. The molecule has 1 aliphatic heterocycles. The second-order valence-electron chi connectivity index (χ2n) is 3.71. The summed E-state index contributed by atoms with van der Waals surface area (Å²) in [5.41, 5.74) is 0.943. The number of ether oxygens (including phenoxy) is 1. The SMILES string of the molecule is O=S(=O)(Cl)N1CCOC(c2ccc(Br)cc2)C1. The molecule has 94 valence electrons. The summed E-state index contributed by atoms with van der Waals surface area (Å²) in [5, 5.41) is 0. The maximum Gasteiger partial charge on any atom is 0.299 e. The smallest absolute Gasteiger partial charge is 0.299 e. The van der Waals surface area contributed by atoms with Gasteiger partial charge in [-0.2, -0.15) is 12.7 Å². The zero-order valence-corrected chi connectivity index (χ0v) is 12.0. The van der Waals surface area contributed by atoms with Crippen molar-refractivity contribution >= 4 is 35.8 Å². The van der Waals surface area contributed by atoms with Crippen LogP contribution < -0.4 is 0 Å². The van der Waals surface area contributed by atoms with Crippen molar-refractivity contribution in [1.29, 1.82) is 0 Å². The highest BCUT2D eigenvalue weighted by molar-refractivity contribution is 9.10. The monoisotopic (exact) mass is 339 g/mol. The molecule has 4 nitrogen and oxygen atoms in total. The van der Waals surface area contributed by atoms with Gasteiger partial charge in [0.2, 0.25) is 0 Å². The van der Waals surface area contributed by atoms with Crippen LogP contribution in [-0.2, 0) is 14.0 Å². The van der Waals surface area contributed by atoms with Gasteiger partial charge < -0.3 is 4.74 Å². The molecule has 2 rings (SSSR count). The normalized spacial score (nSPS) is 22.6. The standard InChI is InChI=1S/C10H11BrClNO3S/c11-9-3-1-8(2-4-9)10-7-13(5-6-16-10)17(12,14)15/h1-4,10H,5-7H2. The Bertz CT molecular complexity index is 491. The Hall–Kier alpha value is -0.140. The fraction of sp³-hybridized carbons (Fsp3) is 0.400. The van der Waals surface area contributed by atoms with Gasteiger partial charge in [0.05, 0.1) is 12.7 Å². The van der Waals surface area contributed by atoms with Gasteiger partial charge in [-0.25, -0.2) is 0 Å². The van der Waals surface area contributed by atoms with E-state index in [1.54, 1.807) is 0 Å². The molecule has 0 radical (unpaired) electrons. The van der Waals surface area contributed by atoms with Crippen molar-refractivity contribution in [2.24, 2.45) is 0 Å². The first-order valence-corrected chi connectivity index (χ1v) is 8.09. The van der Waals surface area contributed by atoms with Crippen LogP contribution in [0.3, 0.4) is 0 Å². The number of rotatable bonds is 2. The predicted octanol–water partition coefficient (Wildman–Crippen LogP) is 2.31. The first-order chi connectivity index (χ1) is 7.97. The molecular formula is C10H11BrClNO3S. The zero-order chi connectivity index (χ0) is 12.5. The van der Waals surface area contributed by atoms with E-state index < -0.39 is 9.24 Å². The predicted molar refractivity (Wildman–Crippen MR) is 69.2 cm³/mol. The van der Waals surface area contributed by atoms with E-state index in [1.165, 1.54) is 4.31 Å². The molecular weight excluding hydrogens is 330 g/mol. The minimum absolute atomic E-state index is 0.257. The van der Waals surface area contributed by atoms with Crippen molar-refractivity contribution < 1.29 is 13.2 Å². The molecule has 1 aliphatic rings. The molecule has 7 heteroatoms. The molecule has 1 saturated heterocycles. The van der Waals surface area contributed by atoms with Crippen LogP contribution in [0, 0.1) is 0 Å². The van der Waals surface area contributed by atoms with Crippen LogP contribution in [0.1, 0.15) is 11.7 Å². The molecule has 0 aromatic heterocycles. The molecule has 1 unspecified atom stereocenters. The van der Waals surface area contributed by atoms with Gasteiger partial charge in [0.25, 0.3) is 9.24 Å². The lowest BCUT2D eigenvalue weighted by molar-refractivity contribution is -0.00187. The Kier molecular flexibility index (Phi) is 4.10. The van der Waals surface area contributed by atoms with Gasteiger partial charge in [0.1, 0.15) is 0 Å². The van der Waals surface area contributed by atoms with Crippen LogP contribution in [0.2, 0.25) is 0 Å². The number of hydrogen-bond acceptors (Lipinski definition) is 3. The molecule has 1 aromatic rings. The van der Waals surface area contributed by atoms with E-state index in [1.807, 2.05) is 24.3 Å². The van der Waals surface area contributed by atoms with Crippen LogP contribution in [0.5, 0.6) is 0 Å². The quantitative estimate of drug-likeness (QED) is 0.776. The first kappa shape index (κ1) is 13.3. The summed E-state index contributed by atoms with van der Waals surface area (Å²) in [4.78, 5) is 0. The molecule has 0 N–H and O–H groups in total. The molecule has 1 atom stereocenters.